The molecule has 0 fully saturated rings. The molecule has 0 saturated heterocycles. The molecule has 0 spiro atoms. The first-order valence-corrected chi connectivity index (χ1v) is 15.0. The molecule has 0 radical (unpaired) electrons. The molecular formula is C28H36N2O7S. The van der Waals surface area contributed by atoms with Gasteiger partial charge >= 0.3 is 0 Å². The SMILES string of the molecule is CCCCCCCC(=O)Nc1cccc2c1C(=O)N([C@H](CS(C)(=O)=O)c1ccc(OC)c(OCC)c1)C2=O. The topological polar surface area (TPSA) is 119 Å². The largest absolute Gasteiger partial charge is 0.493 e. The van der Waals surface area contributed by atoms with Gasteiger partial charge < -0.3 is 14.8 Å². The van der Waals surface area contributed by atoms with Crippen molar-refractivity contribution in [2.75, 3.05) is 31.0 Å². The van der Waals surface area contributed by atoms with Crippen molar-refractivity contribution in [1.82, 2.24) is 4.90 Å². The van der Waals surface area contributed by atoms with E-state index in [1.165, 1.54) is 13.2 Å². The Morgan fingerprint density at radius 2 is 1.74 bits per heavy atom. The summed E-state index contributed by atoms with van der Waals surface area (Å²) in [5.74, 6) is -1.19. The first-order valence-electron chi connectivity index (χ1n) is 12.9. The summed E-state index contributed by atoms with van der Waals surface area (Å²) in [5, 5.41) is 2.78. The number of sulfone groups is 1. The van der Waals surface area contributed by atoms with Crippen molar-refractivity contribution in [3.8, 4) is 11.5 Å². The van der Waals surface area contributed by atoms with E-state index in [9.17, 15) is 22.8 Å². The average Bonchev–Trinajstić information content (AvgIpc) is 3.12. The molecule has 1 aliphatic rings. The van der Waals surface area contributed by atoms with Crippen LogP contribution in [-0.2, 0) is 14.6 Å². The zero-order valence-corrected chi connectivity index (χ0v) is 23.2. The minimum Gasteiger partial charge on any atom is -0.493 e. The number of benzene rings is 2. The van der Waals surface area contributed by atoms with Crippen molar-refractivity contribution in [1.29, 1.82) is 0 Å². The summed E-state index contributed by atoms with van der Waals surface area (Å²) in [6.45, 7) is 4.26. The number of carbonyl (C=O) groups excluding carboxylic acids is 3. The molecule has 0 bridgehead atoms. The van der Waals surface area contributed by atoms with Gasteiger partial charge in [0.2, 0.25) is 5.91 Å². The Hall–Kier alpha value is -3.40. The van der Waals surface area contributed by atoms with Crippen LogP contribution in [0.2, 0.25) is 0 Å². The van der Waals surface area contributed by atoms with E-state index < -0.39 is 33.4 Å². The zero-order valence-electron chi connectivity index (χ0n) is 22.4. The van der Waals surface area contributed by atoms with E-state index in [2.05, 4.69) is 12.2 Å². The standard InChI is InChI=1S/C28H36N2O7S/c1-5-7-8-9-10-14-25(31)29-21-13-11-12-20-26(21)28(33)30(27(20)32)22(18-38(4,34)35)19-15-16-23(36-3)24(17-19)37-6-2/h11-13,15-17,22H,5-10,14,18H2,1-4H3,(H,29,31)/t22-/m1/s1. The molecule has 0 aliphatic carbocycles. The summed E-state index contributed by atoms with van der Waals surface area (Å²) in [6.07, 6.45) is 6.33. The third kappa shape index (κ3) is 6.92. The maximum Gasteiger partial charge on any atom is 0.264 e. The Labute approximate surface area is 224 Å². The van der Waals surface area contributed by atoms with Crippen LogP contribution in [-0.4, -0.2) is 56.8 Å². The van der Waals surface area contributed by atoms with Crippen LogP contribution in [0.25, 0.3) is 0 Å². The minimum absolute atomic E-state index is 0.0638. The van der Waals surface area contributed by atoms with Gasteiger partial charge in [0, 0.05) is 12.7 Å². The number of hydrogen-bond donors (Lipinski definition) is 1. The third-order valence-electron chi connectivity index (χ3n) is 6.37. The van der Waals surface area contributed by atoms with E-state index in [-0.39, 0.29) is 22.7 Å². The van der Waals surface area contributed by atoms with Gasteiger partial charge in [0.1, 0.15) is 9.84 Å². The van der Waals surface area contributed by atoms with Gasteiger partial charge in [0.05, 0.1) is 42.3 Å². The molecule has 1 atom stereocenters. The molecule has 0 aromatic heterocycles. The Kier molecular flexibility index (Phi) is 9.90. The van der Waals surface area contributed by atoms with E-state index in [1.54, 1.807) is 37.3 Å². The predicted octanol–water partition coefficient (Wildman–Crippen LogP) is 4.77. The number of rotatable bonds is 14. The summed E-state index contributed by atoms with van der Waals surface area (Å²) < 4.78 is 35.8. The van der Waals surface area contributed by atoms with Crippen LogP contribution in [0.1, 0.15) is 84.7 Å². The molecule has 38 heavy (non-hydrogen) atoms. The highest BCUT2D eigenvalue weighted by atomic mass is 32.2. The molecule has 2 aromatic carbocycles. The first-order chi connectivity index (χ1) is 18.1. The second-order valence-electron chi connectivity index (χ2n) is 9.37. The molecule has 2 aromatic rings. The molecule has 0 unspecified atom stereocenters. The molecule has 10 heteroatoms. The Bertz CT molecular complexity index is 1290. The highest BCUT2D eigenvalue weighted by molar-refractivity contribution is 7.90. The highest BCUT2D eigenvalue weighted by Crippen LogP contribution is 2.38. The average molecular weight is 545 g/mol. The summed E-state index contributed by atoms with van der Waals surface area (Å²) >= 11 is 0. The number of imide groups is 1. The van der Waals surface area contributed by atoms with Crippen molar-refractivity contribution in [3.05, 3.63) is 53.1 Å². The fraction of sp³-hybridized carbons (Fsp3) is 0.464. The molecule has 1 N–H and O–H groups in total. The van der Waals surface area contributed by atoms with Crippen LogP contribution in [0.5, 0.6) is 11.5 Å². The lowest BCUT2D eigenvalue weighted by Crippen LogP contribution is -2.37. The van der Waals surface area contributed by atoms with Crippen LogP contribution in [0, 0.1) is 0 Å². The number of anilines is 1. The van der Waals surface area contributed by atoms with Crippen molar-refractivity contribution in [2.24, 2.45) is 0 Å². The third-order valence-corrected chi connectivity index (χ3v) is 7.29. The smallest absolute Gasteiger partial charge is 0.264 e. The Morgan fingerprint density at radius 3 is 2.39 bits per heavy atom. The highest BCUT2D eigenvalue weighted by Gasteiger charge is 2.43. The summed E-state index contributed by atoms with van der Waals surface area (Å²) in [6, 6.07) is 8.38. The van der Waals surface area contributed by atoms with Crippen molar-refractivity contribution in [2.45, 2.75) is 58.4 Å². The summed E-state index contributed by atoms with van der Waals surface area (Å²) in [7, 11) is -2.14. The Morgan fingerprint density at radius 1 is 1.00 bits per heavy atom. The van der Waals surface area contributed by atoms with Gasteiger partial charge in [-0.05, 0) is 43.2 Å². The van der Waals surface area contributed by atoms with E-state index in [0.29, 0.717) is 30.1 Å². The lowest BCUT2D eigenvalue weighted by Gasteiger charge is -2.27. The molecule has 1 aliphatic heterocycles. The van der Waals surface area contributed by atoms with Gasteiger partial charge in [-0.1, -0.05) is 44.7 Å². The first kappa shape index (κ1) is 29.2. The molecule has 1 heterocycles. The number of fused-ring (bicyclic) bond motifs is 1. The monoisotopic (exact) mass is 544 g/mol. The number of ether oxygens (including phenoxy) is 2. The van der Waals surface area contributed by atoms with Crippen LogP contribution >= 0.6 is 0 Å². The molecular weight excluding hydrogens is 508 g/mol. The number of unbranched alkanes of at least 4 members (excludes halogenated alkanes) is 4. The van der Waals surface area contributed by atoms with Gasteiger partial charge in [-0.25, -0.2) is 8.42 Å². The van der Waals surface area contributed by atoms with Gasteiger partial charge in [-0.3, -0.25) is 19.3 Å². The number of amides is 3. The van der Waals surface area contributed by atoms with Crippen molar-refractivity contribution < 1.29 is 32.3 Å². The van der Waals surface area contributed by atoms with E-state index in [4.69, 9.17) is 9.47 Å². The lowest BCUT2D eigenvalue weighted by atomic mass is 10.1. The second kappa shape index (κ2) is 12.9. The maximum absolute atomic E-state index is 13.7. The summed E-state index contributed by atoms with van der Waals surface area (Å²) in [4.78, 5) is 40.7. The quantitative estimate of drug-likeness (QED) is 0.269. The van der Waals surface area contributed by atoms with E-state index >= 15 is 0 Å². The summed E-state index contributed by atoms with van der Waals surface area (Å²) in [5.41, 5.74) is 0.832. The fourth-order valence-corrected chi connectivity index (χ4v) is 5.48. The maximum atomic E-state index is 13.7. The van der Waals surface area contributed by atoms with E-state index in [0.717, 1.165) is 43.3 Å². The molecule has 0 saturated carbocycles. The van der Waals surface area contributed by atoms with Gasteiger partial charge in [0.25, 0.3) is 11.8 Å². The van der Waals surface area contributed by atoms with Gasteiger partial charge in [-0.2, -0.15) is 0 Å². The van der Waals surface area contributed by atoms with Gasteiger partial charge in [0.15, 0.2) is 11.5 Å². The Balaban J connectivity index is 1.93. The van der Waals surface area contributed by atoms with E-state index in [1.807, 2.05) is 0 Å². The minimum atomic E-state index is -3.62. The molecule has 206 valence electrons. The molecule has 3 rings (SSSR count). The van der Waals surface area contributed by atoms with Gasteiger partial charge in [-0.15, -0.1) is 0 Å². The predicted molar refractivity (Wildman–Crippen MR) is 146 cm³/mol. The van der Waals surface area contributed by atoms with Crippen molar-refractivity contribution in [3.63, 3.8) is 0 Å². The van der Waals surface area contributed by atoms with Crippen molar-refractivity contribution >= 4 is 33.2 Å². The van der Waals surface area contributed by atoms with Crippen LogP contribution in [0.4, 0.5) is 5.69 Å². The zero-order chi connectivity index (χ0) is 27.9. The molecule has 3 amide bonds. The number of hydrogen-bond acceptors (Lipinski definition) is 7. The second-order valence-corrected chi connectivity index (χ2v) is 11.6. The normalized spacial score (nSPS) is 13.8. The number of nitrogens with one attached hydrogen (secondary N) is 1. The molecule has 9 nitrogen and oxygen atoms in total. The van der Waals surface area contributed by atoms with Crippen LogP contribution in [0.3, 0.4) is 0 Å². The van der Waals surface area contributed by atoms with Crippen LogP contribution in [0.15, 0.2) is 36.4 Å². The number of methoxy groups -OCH3 is 1. The van der Waals surface area contributed by atoms with Crippen LogP contribution < -0.4 is 14.8 Å². The lowest BCUT2D eigenvalue weighted by molar-refractivity contribution is -0.116. The number of carbonyl (C=O) groups is 3. The number of nitrogens with zero attached hydrogens (tertiary/aromatic N) is 1. The fourth-order valence-electron chi connectivity index (χ4n) is 4.57.